The number of anilines is 3. The van der Waals surface area contributed by atoms with E-state index in [2.05, 4.69) is 163 Å². The van der Waals surface area contributed by atoms with Crippen molar-refractivity contribution >= 4 is 39.0 Å². The van der Waals surface area contributed by atoms with E-state index < -0.39 is 5.41 Å². The van der Waals surface area contributed by atoms with Gasteiger partial charge in [-0.3, -0.25) is 0 Å². The minimum Gasteiger partial charge on any atom is -0.485 e. The lowest BCUT2D eigenvalue weighted by Gasteiger charge is -2.46. The summed E-state index contributed by atoms with van der Waals surface area (Å²) in [5, 5.41) is 2.23. The molecule has 3 heteroatoms. The molecule has 218 valence electrons. The van der Waals surface area contributed by atoms with Crippen LogP contribution in [0.1, 0.15) is 33.7 Å². The summed E-state index contributed by atoms with van der Waals surface area (Å²) in [5.74, 6) is 1.13. The summed E-state index contributed by atoms with van der Waals surface area (Å²) in [5.41, 5.74) is 10.2. The maximum Gasteiger partial charge on any atom is 0.140 e. The van der Waals surface area contributed by atoms with Gasteiger partial charge in [0, 0.05) is 39.1 Å². The smallest absolute Gasteiger partial charge is 0.140 e. The van der Waals surface area contributed by atoms with E-state index in [1.165, 1.54) is 16.7 Å². The Labute approximate surface area is 267 Å². The van der Waals surface area contributed by atoms with Gasteiger partial charge in [-0.05, 0) is 47.5 Å². The maximum absolute atomic E-state index is 6.97. The van der Waals surface area contributed by atoms with Gasteiger partial charge >= 0.3 is 0 Å². The fraction of sp³-hybridized carbons (Fsp3) is 0.0698. The molecule has 3 heterocycles. The fourth-order valence-corrected chi connectivity index (χ4v) is 8.23. The second kappa shape index (κ2) is 9.60. The van der Waals surface area contributed by atoms with Crippen molar-refractivity contribution < 1.29 is 9.15 Å². The standard InChI is InChI=1S/C43H29NO2/c1-2-14-28(15-3-1)44-37-24-8-6-20-33(37)43(34-21-7-9-25-38(34)44,35-22-12-18-31-29-16-4-10-26-39(29)45-41(31)35)36-23-13-19-32-30-17-5-11-27-40(30)46-42(32)36/h1-27,29,39H. The minimum atomic E-state index is -0.752. The maximum atomic E-state index is 6.97. The second-order valence-electron chi connectivity index (χ2n) is 12.3. The van der Waals surface area contributed by atoms with Gasteiger partial charge in [0.15, 0.2) is 0 Å². The van der Waals surface area contributed by atoms with Crippen molar-refractivity contribution in [2.75, 3.05) is 4.90 Å². The van der Waals surface area contributed by atoms with E-state index in [1.54, 1.807) is 0 Å². The van der Waals surface area contributed by atoms with Gasteiger partial charge in [-0.1, -0.05) is 127 Å². The van der Waals surface area contributed by atoms with Crippen molar-refractivity contribution in [3.63, 3.8) is 0 Å². The second-order valence-corrected chi connectivity index (χ2v) is 12.3. The Morgan fingerprint density at radius 2 is 1.15 bits per heavy atom. The zero-order valence-corrected chi connectivity index (χ0v) is 25.0. The molecule has 0 bridgehead atoms. The Kier molecular flexibility index (Phi) is 5.32. The lowest BCUT2D eigenvalue weighted by Crippen LogP contribution is -2.38. The number of allylic oxidation sites excluding steroid dienone is 2. The van der Waals surface area contributed by atoms with Gasteiger partial charge in [0.05, 0.1) is 16.8 Å². The highest BCUT2D eigenvalue weighted by atomic mass is 16.5. The van der Waals surface area contributed by atoms with Gasteiger partial charge in [-0.15, -0.1) is 0 Å². The number of ether oxygens (including phenoxy) is 1. The molecule has 0 radical (unpaired) electrons. The number of hydrogen-bond acceptors (Lipinski definition) is 3. The lowest BCUT2D eigenvalue weighted by molar-refractivity contribution is 0.265. The average Bonchev–Trinajstić information content (AvgIpc) is 3.70. The summed E-state index contributed by atoms with van der Waals surface area (Å²) in [6, 6.07) is 50.1. The van der Waals surface area contributed by atoms with Gasteiger partial charge in [-0.25, -0.2) is 0 Å². The molecule has 0 saturated carbocycles. The van der Waals surface area contributed by atoms with Crippen molar-refractivity contribution in [1.82, 2.24) is 0 Å². The summed E-state index contributed by atoms with van der Waals surface area (Å²) < 4.78 is 13.8. The zero-order chi connectivity index (χ0) is 30.2. The van der Waals surface area contributed by atoms with Crippen LogP contribution in [0.15, 0.2) is 168 Å². The first kappa shape index (κ1) is 25.5. The SMILES string of the molecule is C1=CC2Oc3c(cccc3C3(c4cccc5c4oc4ccccc45)c4ccccc4N(c4ccccc4)c4ccccc43)C2C=C1. The summed E-state index contributed by atoms with van der Waals surface area (Å²) in [6.45, 7) is 0. The molecule has 2 unspecified atom stereocenters. The third-order valence-electron chi connectivity index (χ3n) is 10.1. The van der Waals surface area contributed by atoms with E-state index in [1.807, 2.05) is 6.07 Å². The zero-order valence-electron chi connectivity index (χ0n) is 25.0. The van der Waals surface area contributed by atoms with Crippen LogP contribution in [0.3, 0.4) is 0 Å². The average molecular weight is 592 g/mol. The predicted octanol–water partition coefficient (Wildman–Crippen LogP) is 10.7. The number of para-hydroxylation sites is 6. The molecule has 0 spiro atoms. The van der Waals surface area contributed by atoms with Gasteiger partial charge in [0.1, 0.15) is 23.0 Å². The van der Waals surface area contributed by atoms with Crippen molar-refractivity contribution in [1.29, 1.82) is 0 Å². The van der Waals surface area contributed by atoms with Gasteiger partial charge in [0.2, 0.25) is 0 Å². The normalized spacial score (nSPS) is 18.6. The molecule has 6 aromatic carbocycles. The fourth-order valence-electron chi connectivity index (χ4n) is 8.23. The molecule has 46 heavy (non-hydrogen) atoms. The van der Waals surface area contributed by atoms with Crippen LogP contribution in [-0.2, 0) is 5.41 Å². The van der Waals surface area contributed by atoms with Crippen LogP contribution in [0.5, 0.6) is 5.75 Å². The van der Waals surface area contributed by atoms with E-state index in [9.17, 15) is 0 Å². The van der Waals surface area contributed by atoms with Crippen LogP contribution in [0.2, 0.25) is 0 Å². The van der Waals surface area contributed by atoms with Gasteiger partial charge < -0.3 is 14.1 Å². The van der Waals surface area contributed by atoms with E-state index >= 15 is 0 Å². The predicted molar refractivity (Wildman–Crippen MR) is 186 cm³/mol. The quantitative estimate of drug-likeness (QED) is 0.204. The Bertz CT molecular complexity index is 2330. The molecule has 0 saturated heterocycles. The monoisotopic (exact) mass is 591 g/mol. The van der Waals surface area contributed by atoms with E-state index in [0.29, 0.717) is 0 Å². The van der Waals surface area contributed by atoms with E-state index in [4.69, 9.17) is 9.15 Å². The molecular weight excluding hydrogens is 562 g/mol. The van der Waals surface area contributed by atoms with Crippen molar-refractivity contribution in [3.05, 3.63) is 192 Å². The molecule has 0 fully saturated rings. The third-order valence-corrected chi connectivity index (χ3v) is 10.1. The molecule has 2 aliphatic heterocycles. The molecule has 1 aliphatic carbocycles. The number of benzene rings is 6. The largest absolute Gasteiger partial charge is 0.485 e. The number of hydrogen-bond donors (Lipinski definition) is 0. The summed E-state index contributed by atoms with van der Waals surface area (Å²) in [6.07, 6.45) is 8.66. The Morgan fingerprint density at radius 1 is 0.522 bits per heavy atom. The van der Waals surface area contributed by atoms with Crippen molar-refractivity contribution in [3.8, 4) is 5.75 Å². The Morgan fingerprint density at radius 3 is 1.98 bits per heavy atom. The first-order chi connectivity index (χ1) is 22.8. The van der Waals surface area contributed by atoms with Crippen LogP contribution in [0, 0.1) is 0 Å². The van der Waals surface area contributed by atoms with Gasteiger partial charge in [0.25, 0.3) is 0 Å². The molecule has 1 aromatic heterocycles. The summed E-state index contributed by atoms with van der Waals surface area (Å²) >= 11 is 0. The molecule has 0 amide bonds. The number of furan rings is 1. The first-order valence-electron chi connectivity index (χ1n) is 15.9. The molecule has 0 N–H and O–H groups in total. The van der Waals surface area contributed by atoms with Crippen LogP contribution in [0.25, 0.3) is 21.9 Å². The van der Waals surface area contributed by atoms with Crippen molar-refractivity contribution in [2.45, 2.75) is 17.4 Å². The summed E-state index contributed by atoms with van der Waals surface area (Å²) in [4.78, 5) is 2.40. The lowest BCUT2D eigenvalue weighted by atomic mass is 9.61. The van der Waals surface area contributed by atoms with Crippen molar-refractivity contribution in [2.24, 2.45) is 0 Å². The van der Waals surface area contributed by atoms with Gasteiger partial charge in [-0.2, -0.15) is 0 Å². The van der Waals surface area contributed by atoms with E-state index in [0.717, 1.165) is 55.9 Å². The molecule has 7 aromatic rings. The molecule has 3 aliphatic rings. The highest BCUT2D eigenvalue weighted by Crippen LogP contribution is 2.61. The highest BCUT2D eigenvalue weighted by Gasteiger charge is 2.51. The molecule has 10 rings (SSSR count). The number of rotatable bonds is 3. The topological polar surface area (TPSA) is 25.6 Å². The Balaban J connectivity index is 1.39. The van der Waals surface area contributed by atoms with Crippen LogP contribution >= 0.6 is 0 Å². The molecule has 3 nitrogen and oxygen atoms in total. The van der Waals surface area contributed by atoms with E-state index in [-0.39, 0.29) is 12.0 Å². The molecule has 2 atom stereocenters. The highest BCUT2D eigenvalue weighted by molar-refractivity contribution is 6.07. The minimum absolute atomic E-state index is 0.0323. The molecular formula is C43H29NO2. The van der Waals surface area contributed by atoms with Crippen LogP contribution in [-0.4, -0.2) is 6.10 Å². The number of nitrogens with zero attached hydrogens (tertiary/aromatic N) is 1. The third kappa shape index (κ3) is 3.32. The Hall–Kier alpha value is -5.80. The van der Waals surface area contributed by atoms with Crippen LogP contribution < -0.4 is 9.64 Å². The first-order valence-corrected chi connectivity index (χ1v) is 15.9. The number of fused-ring (bicyclic) bond motifs is 8. The van der Waals surface area contributed by atoms with Crippen LogP contribution in [0.4, 0.5) is 17.1 Å². The summed E-state index contributed by atoms with van der Waals surface area (Å²) in [7, 11) is 0.